The molecule has 1 heterocycles. The molecule has 4 aromatic carbocycles. The molecule has 0 saturated carbocycles. The molecule has 0 saturated heterocycles. The molecule has 182 valence electrons. The van der Waals surface area contributed by atoms with Crippen LogP contribution in [0.5, 0.6) is 11.5 Å². The topological polar surface area (TPSA) is 51.2 Å². The van der Waals surface area contributed by atoms with Crippen molar-refractivity contribution in [2.45, 2.75) is 19.4 Å². The molecule has 5 aromatic rings. The first-order chi connectivity index (χ1) is 18.2. The van der Waals surface area contributed by atoms with Crippen LogP contribution in [0.3, 0.4) is 0 Å². The Labute approximate surface area is 217 Å². The average Bonchev–Trinajstić information content (AvgIpc) is 2.97. The number of pyridine rings is 1. The largest absolute Gasteiger partial charge is 0.457 e. The monoisotopic (exact) mass is 484 g/mol. The number of aromatic nitrogens is 1. The Balaban J connectivity index is 1.12. The maximum absolute atomic E-state index is 12.6. The second kappa shape index (κ2) is 11.8. The van der Waals surface area contributed by atoms with E-state index in [9.17, 15) is 4.79 Å². The van der Waals surface area contributed by atoms with Crippen molar-refractivity contribution in [1.82, 2.24) is 10.3 Å². The Hall–Kier alpha value is -4.70. The Morgan fingerprint density at radius 1 is 0.622 bits per heavy atom. The van der Waals surface area contributed by atoms with Crippen molar-refractivity contribution in [3.63, 3.8) is 0 Å². The molecule has 1 N–H and O–H groups in total. The highest BCUT2D eigenvalue weighted by Gasteiger charge is 2.07. The molecule has 0 aliphatic heterocycles. The molecule has 0 aliphatic rings. The van der Waals surface area contributed by atoms with E-state index in [1.807, 2.05) is 103 Å². The van der Waals surface area contributed by atoms with Gasteiger partial charge in [-0.3, -0.25) is 9.78 Å². The van der Waals surface area contributed by atoms with Crippen molar-refractivity contribution in [3.8, 4) is 22.6 Å². The molecule has 0 atom stereocenters. The van der Waals surface area contributed by atoms with E-state index in [4.69, 9.17) is 4.74 Å². The zero-order valence-electron chi connectivity index (χ0n) is 20.5. The van der Waals surface area contributed by atoms with Crippen molar-refractivity contribution < 1.29 is 9.53 Å². The van der Waals surface area contributed by atoms with Crippen LogP contribution in [0.1, 0.15) is 27.2 Å². The van der Waals surface area contributed by atoms with Crippen molar-refractivity contribution in [1.29, 1.82) is 0 Å². The van der Waals surface area contributed by atoms with Gasteiger partial charge in [0.05, 0.1) is 0 Å². The summed E-state index contributed by atoms with van der Waals surface area (Å²) in [6, 6.07) is 39.8. The number of nitrogens with zero attached hydrogens (tertiary/aromatic N) is 1. The van der Waals surface area contributed by atoms with Crippen molar-refractivity contribution in [2.24, 2.45) is 0 Å². The van der Waals surface area contributed by atoms with Gasteiger partial charge >= 0.3 is 0 Å². The van der Waals surface area contributed by atoms with Crippen molar-refractivity contribution in [3.05, 3.63) is 150 Å². The van der Waals surface area contributed by atoms with E-state index in [1.54, 1.807) is 0 Å². The summed E-state index contributed by atoms with van der Waals surface area (Å²) in [7, 11) is 0. The molecule has 4 nitrogen and oxygen atoms in total. The van der Waals surface area contributed by atoms with E-state index in [2.05, 4.69) is 34.6 Å². The first kappa shape index (κ1) is 24.0. The molecule has 0 spiro atoms. The summed E-state index contributed by atoms with van der Waals surface area (Å²) < 4.78 is 5.87. The molecule has 5 rings (SSSR count). The molecule has 37 heavy (non-hydrogen) atoms. The van der Waals surface area contributed by atoms with Gasteiger partial charge in [-0.25, -0.2) is 0 Å². The third-order valence-electron chi connectivity index (χ3n) is 6.19. The number of rotatable bonds is 9. The lowest BCUT2D eigenvalue weighted by atomic mass is 10.0. The van der Waals surface area contributed by atoms with Gasteiger partial charge in [-0.1, -0.05) is 72.8 Å². The molecule has 0 bridgehead atoms. The number of carbonyl (C=O) groups excluding carboxylic acids is 1. The summed E-state index contributed by atoms with van der Waals surface area (Å²) in [6.07, 6.45) is 3.60. The molecular formula is C33H28N2O2. The van der Waals surface area contributed by atoms with Gasteiger partial charge in [-0.05, 0) is 83.6 Å². The van der Waals surface area contributed by atoms with Gasteiger partial charge in [0.2, 0.25) is 0 Å². The van der Waals surface area contributed by atoms with Crippen LogP contribution in [0.15, 0.2) is 128 Å². The van der Waals surface area contributed by atoms with Crippen LogP contribution in [0.2, 0.25) is 0 Å². The van der Waals surface area contributed by atoms with Gasteiger partial charge in [-0.2, -0.15) is 0 Å². The summed E-state index contributed by atoms with van der Waals surface area (Å²) in [4.78, 5) is 17.0. The van der Waals surface area contributed by atoms with Gasteiger partial charge in [0, 0.05) is 24.0 Å². The van der Waals surface area contributed by atoms with Crippen molar-refractivity contribution >= 4 is 5.91 Å². The zero-order chi connectivity index (χ0) is 25.3. The number of amides is 1. The third-order valence-corrected chi connectivity index (χ3v) is 6.19. The molecule has 1 amide bonds. The number of nitrogens with one attached hydrogen (secondary N) is 1. The van der Waals surface area contributed by atoms with Crippen LogP contribution in [-0.4, -0.2) is 10.9 Å². The van der Waals surface area contributed by atoms with Gasteiger partial charge in [0.25, 0.3) is 5.91 Å². The molecule has 4 heteroatoms. The number of aryl methyl sites for hydroxylation is 2. The number of ether oxygens (including phenoxy) is 1. The Bertz CT molecular complexity index is 1410. The van der Waals surface area contributed by atoms with Crippen LogP contribution in [-0.2, 0) is 19.4 Å². The number of hydrogen-bond donors (Lipinski definition) is 1. The van der Waals surface area contributed by atoms with Crippen LogP contribution in [0, 0.1) is 0 Å². The summed E-state index contributed by atoms with van der Waals surface area (Å²) in [5.41, 5.74) is 6.20. The van der Waals surface area contributed by atoms with Gasteiger partial charge in [0.15, 0.2) is 0 Å². The number of para-hydroxylation sites is 1. The minimum absolute atomic E-state index is 0.0747. The normalized spacial score (nSPS) is 10.6. The predicted octanol–water partition coefficient (Wildman–Crippen LogP) is 7.26. The maximum Gasteiger partial charge on any atom is 0.251 e. The number of carbonyl (C=O) groups is 1. The van der Waals surface area contributed by atoms with Crippen molar-refractivity contribution in [2.75, 3.05) is 0 Å². The second-order valence-electron chi connectivity index (χ2n) is 8.84. The smallest absolute Gasteiger partial charge is 0.251 e. The molecule has 0 unspecified atom stereocenters. The quantitative estimate of drug-likeness (QED) is 0.240. The summed E-state index contributed by atoms with van der Waals surface area (Å²) in [6.45, 7) is 0.477. The summed E-state index contributed by atoms with van der Waals surface area (Å²) in [5.74, 6) is 1.54. The lowest BCUT2D eigenvalue weighted by Crippen LogP contribution is -2.22. The molecule has 1 aromatic heterocycles. The fourth-order valence-electron chi connectivity index (χ4n) is 4.08. The highest BCUT2D eigenvalue weighted by atomic mass is 16.5. The van der Waals surface area contributed by atoms with Crippen LogP contribution in [0.25, 0.3) is 11.1 Å². The highest BCUT2D eigenvalue weighted by Crippen LogP contribution is 2.26. The fourth-order valence-corrected chi connectivity index (χ4v) is 4.08. The lowest BCUT2D eigenvalue weighted by molar-refractivity contribution is 0.0951. The van der Waals surface area contributed by atoms with Crippen LogP contribution < -0.4 is 10.1 Å². The number of hydrogen-bond acceptors (Lipinski definition) is 3. The van der Waals surface area contributed by atoms with E-state index in [0.717, 1.165) is 46.7 Å². The first-order valence-electron chi connectivity index (χ1n) is 12.4. The summed E-state index contributed by atoms with van der Waals surface area (Å²) in [5, 5.41) is 3.02. The van der Waals surface area contributed by atoms with E-state index in [0.29, 0.717) is 12.1 Å². The summed E-state index contributed by atoms with van der Waals surface area (Å²) >= 11 is 0. The molecule has 0 aliphatic carbocycles. The third kappa shape index (κ3) is 6.71. The minimum atomic E-state index is -0.0747. The highest BCUT2D eigenvalue weighted by molar-refractivity contribution is 5.94. The van der Waals surface area contributed by atoms with E-state index in [1.165, 1.54) is 5.56 Å². The van der Waals surface area contributed by atoms with Gasteiger partial charge in [0.1, 0.15) is 11.5 Å². The first-order valence-corrected chi connectivity index (χ1v) is 12.4. The Kier molecular flexibility index (Phi) is 7.67. The van der Waals surface area contributed by atoms with E-state index in [-0.39, 0.29) is 5.91 Å². The fraction of sp³-hybridized carbons (Fsp3) is 0.0909. The maximum atomic E-state index is 12.6. The van der Waals surface area contributed by atoms with Crippen LogP contribution in [0.4, 0.5) is 0 Å². The van der Waals surface area contributed by atoms with E-state index >= 15 is 0 Å². The molecular weight excluding hydrogens is 456 g/mol. The molecule has 0 fully saturated rings. The lowest BCUT2D eigenvalue weighted by Gasteiger charge is -2.09. The number of benzene rings is 4. The standard InChI is InChI=1S/C33H28N2O2/c36-33(29-16-9-25(10-17-29)13-20-30-6-4-5-23-34-30)35-24-26-11-14-27(15-12-26)28-18-21-32(22-19-28)37-31-7-2-1-3-8-31/h1-12,14-19,21-23H,13,20,24H2,(H,35,36). The van der Waals surface area contributed by atoms with Crippen LogP contribution >= 0.6 is 0 Å². The molecule has 0 radical (unpaired) electrons. The van der Waals surface area contributed by atoms with Gasteiger partial charge in [-0.15, -0.1) is 0 Å². The average molecular weight is 485 g/mol. The second-order valence-corrected chi connectivity index (χ2v) is 8.84. The minimum Gasteiger partial charge on any atom is -0.457 e. The SMILES string of the molecule is O=C(NCc1ccc(-c2ccc(Oc3ccccc3)cc2)cc1)c1ccc(CCc2ccccn2)cc1. The predicted molar refractivity (Wildman–Crippen MR) is 148 cm³/mol. The van der Waals surface area contributed by atoms with E-state index < -0.39 is 0 Å². The Morgan fingerprint density at radius 2 is 1.24 bits per heavy atom. The Morgan fingerprint density at radius 3 is 1.92 bits per heavy atom. The van der Waals surface area contributed by atoms with Gasteiger partial charge < -0.3 is 10.1 Å². The zero-order valence-corrected chi connectivity index (χ0v) is 20.5.